The number of ether oxygens (including phenoxy) is 6. The summed E-state index contributed by atoms with van der Waals surface area (Å²) in [5.74, 6) is -1.06. The Bertz CT molecular complexity index is 1650. The number of aliphatic hydroxyl groups excluding tert-OH is 6. The van der Waals surface area contributed by atoms with Gasteiger partial charge in [-0.15, -0.1) is 0 Å². The van der Waals surface area contributed by atoms with E-state index in [-0.39, 0.29) is 65.4 Å². The molecule has 0 aromatic rings. The molecule has 19 atom stereocenters. The van der Waals surface area contributed by atoms with Gasteiger partial charge in [0.15, 0.2) is 18.7 Å². The number of fused-ring (bicyclic) bond motifs is 7. The van der Waals surface area contributed by atoms with E-state index in [2.05, 4.69) is 33.8 Å². The van der Waals surface area contributed by atoms with Crippen molar-refractivity contribution in [1.82, 2.24) is 0 Å². The number of Topliss-reactive ketones (excluding diaryl/α,β-unsaturated/α-hetero) is 1. The SMILES string of the molecule is COC(=O)C1OC(OC2CCC3(C)C(CCC4(C)C3CC=C3C5CC(C)(C(=O)OC)CC(=O)C5(C)CCC34C)C2(C)CO)C(OC2OCC(O)C(O)C2O)C(O)C1O. The molecule has 15 heteroatoms. The molecular weight excluding hydrogens is 756 g/mol. The molecule has 328 valence electrons. The standard InChI is InChI=1S/C43H66O15/c1-38(37(52)54-8)17-22-21-9-10-25-40(3)13-12-27(41(4,20-44)24(40)11-14-43(25,6)42(21,5)16-15-39(22,2)26(46)18-38)56-36-33(30(49)29(48)32(57-36)34(51)53-7)58-35-31(50)28(47)23(45)19-55-35/h9,22-25,27-33,35-36,44-45,47-50H,10-20H2,1-8H3. The zero-order valence-electron chi connectivity index (χ0n) is 35.2. The van der Waals surface area contributed by atoms with E-state index in [0.29, 0.717) is 12.8 Å². The first-order chi connectivity index (χ1) is 27.1. The van der Waals surface area contributed by atoms with E-state index in [1.807, 2.05) is 13.8 Å². The van der Waals surface area contributed by atoms with Crippen LogP contribution in [0.5, 0.6) is 0 Å². The minimum atomic E-state index is -1.81. The van der Waals surface area contributed by atoms with Crippen LogP contribution in [0.4, 0.5) is 0 Å². The second-order valence-corrected chi connectivity index (χ2v) is 20.2. The highest BCUT2D eigenvalue weighted by Gasteiger charge is 2.70. The average molecular weight is 823 g/mol. The van der Waals surface area contributed by atoms with Crippen molar-refractivity contribution < 1.29 is 73.4 Å². The van der Waals surface area contributed by atoms with Crippen molar-refractivity contribution in [3.63, 3.8) is 0 Å². The minimum Gasteiger partial charge on any atom is -0.469 e. The smallest absolute Gasteiger partial charge is 0.337 e. The lowest BCUT2D eigenvalue weighted by atomic mass is 9.33. The normalized spacial score (nSPS) is 52.9. The molecule has 6 N–H and O–H groups in total. The summed E-state index contributed by atoms with van der Waals surface area (Å²) in [4.78, 5) is 39.8. The summed E-state index contributed by atoms with van der Waals surface area (Å²) in [5, 5.41) is 64.7. The number of methoxy groups -OCH3 is 2. The molecule has 0 aromatic heterocycles. The number of esters is 2. The van der Waals surface area contributed by atoms with Crippen LogP contribution in [0.2, 0.25) is 0 Å². The van der Waals surface area contributed by atoms with Gasteiger partial charge < -0.3 is 59.1 Å². The molecule has 15 nitrogen and oxygen atoms in total. The highest BCUT2D eigenvalue weighted by molar-refractivity contribution is 5.92. The summed E-state index contributed by atoms with van der Waals surface area (Å²) in [6.45, 7) is 12.4. The second kappa shape index (κ2) is 15.1. The molecule has 2 aliphatic heterocycles. The Kier molecular flexibility index (Phi) is 11.5. The van der Waals surface area contributed by atoms with E-state index >= 15 is 0 Å². The Morgan fingerprint density at radius 1 is 0.828 bits per heavy atom. The Balaban J connectivity index is 1.18. The number of hydrogen-bond acceptors (Lipinski definition) is 15. The third kappa shape index (κ3) is 6.30. The number of carbonyl (C=O) groups excluding carboxylic acids is 3. The molecule has 19 unspecified atom stereocenters. The Hall–Kier alpha value is -2.05. The molecule has 0 spiro atoms. The van der Waals surface area contributed by atoms with Gasteiger partial charge in [0.2, 0.25) is 0 Å². The third-order valence-electron chi connectivity index (χ3n) is 17.4. The maximum atomic E-state index is 13.9. The van der Waals surface area contributed by atoms with Crippen LogP contribution in [0, 0.1) is 50.2 Å². The van der Waals surface area contributed by atoms with E-state index in [4.69, 9.17) is 28.4 Å². The summed E-state index contributed by atoms with van der Waals surface area (Å²) in [6, 6.07) is 0. The minimum absolute atomic E-state index is 0.0388. The molecule has 2 saturated heterocycles. The number of allylic oxidation sites excluding steroid dienone is 2. The van der Waals surface area contributed by atoms with Gasteiger partial charge in [-0.1, -0.05) is 46.3 Å². The molecule has 4 saturated carbocycles. The molecule has 7 aliphatic rings. The van der Waals surface area contributed by atoms with Crippen LogP contribution >= 0.6 is 0 Å². The van der Waals surface area contributed by atoms with Crippen LogP contribution in [0.25, 0.3) is 0 Å². The first-order valence-electron chi connectivity index (χ1n) is 21.1. The number of carbonyl (C=O) groups is 3. The fraction of sp³-hybridized carbons (Fsp3) is 0.884. The maximum absolute atomic E-state index is 13.9. The second-order valence-electron chi connectivity index (χ2n) is 20.2. The lowest BCUT2D eigenvalue weighted by Gasteiger charge is -2.71. The number of ketones is 1. The van der Waals surface area contributed by atoms with Gasteiger partial charge in [-0.25, -0.2) is 4.79 Å². The number of rotatable bonds is 7. The van der Waals surface area contributed by atoms with Crippen LogP contribution in [-0.4, -0.2) is 137 Å². The molecule has 0 bridgehead atoms. The monoisotopic (exact) mass is 822 g/mol. The predicted octanol–water partition coefficient (Wildman–Crippen LogP) is 1.94. The molecular formula is C43H66O15. The van der Waals surface area contributed by atoms with Crippen molar-refractivity contribution >= 4 is 17.7 Å². The fourth-order valence-corrected chi connectivity index (χ4v) is 13.5. The molecule has 58 heavy (non-hydrogen) atoms. The van der Waals surface area contributed by atoms with E-state index < -0.39 is 83.6 Å². The molecule has 0 amide bonds. The maximum Gasteiger partial charge on any atom is 0.337 e. The van der Waals surface area contributed by atoms with Crippen molar-refractivity contribution in [2.45, 2.75) is 161 Å². The molecule has 7 rings (SSSR count). The van der Waals surface area contributed by atoms with E-state index in [0.717, 1.165) is 45.6 Å². The van der Waals surface area contributed by atoms with E-state index in [1.54, 1.807) is 0 Å². The van der Waals surface area contributed by atoms with Crippen molar-refractivity contribution in [3.8, 4) is 0 Å². The summed E-state index contributed by atoms with van der Waals surface area (Å²) in [6.07, 6.45) is -6.91. The third-order valence-corrected chi connectivity index (χ3v) is 17.4. The van der Waals surface area contributed by atoms with Crippen molar-refractivity contribution in [2.75, 3.05) is 27.4 Å². The predicted molar refractivity (Wildman–Crippen MR) is 203 cm³/mol. The van der Waals surface area contributed by atoms with Crippen LogP contribution in [0.1, 0.15) is 99.3 Å². The lowest BCUT2D eigenvalue weighted by Crippen LogP contribution is -2.67. The van der Waals surface area contributed by atoms with Gasteiger partial charge in [0, 0.05) is 17.3 Å². The Morgan fingerprint density at radius 3 is 2.19 bits per heavy atom. The van der Waals surface area contributed by atoms with Gasteiger partial charge in [-0.3, -0.25) is 9.59 Å². The molecule has 2 heterocycles. The van der Waals surface area contributed by atoms with Crippen molar-refractivity contribution in [3.05, 3.63) is 11.6 Å². The average Bonchev–Trinajstić information content (AvgIpc) is 3.19. The first-order valence-corrected chi connectivity index (χ1v) is 21.1. The van der Waals surface area contributed by atoms with Crippen molar-refractivity contribution in [2.24, 2.45) is 50.2 Å². The van der Waals surface area contributed by atoms with Crippen molar-refractivity contribution in [1.29, 1.82) is 0 Å². The Morgan fingerprint density at radius 2 is 1.53 bits per heavy atom. The van der Waals surface area contributed by atoms with E-state index in [9.17, 15) is 45.0 Å². The lowest BCUT2D eigenvalue weighted by molar-refractivity contribution is -0.367. The van der Waals surface area contributed by atoms with Gasteiger partial charge in [0.25, 0.3) is 0 Å². The molecule has 0 aromatic carbocycles. The highest BCUT2D eigenvalue weighted by atomic mass is 16.8. The zero-order chi connectivity index (χ0) is 42.5. The van der Waals surface area contributed by atoms with Gasteiger partial charge in [0.1, 0.15) is 42.4 Å². The number of hydrogen-bond donors (Lipinski definition) is 6. The van der Waals surface area contributed by atoms with Gasteiger partial charge in [-0.2, -0.15) is 0 Å². The van der Waals surface area contributed by atoms with Gasteiger partial charge in [0.05, 0.1) is 39.0 Å². The van der Waals surface area contributed by atoms with Crippen LogP contribution < -0.4 is 0 Å². The quantitative estimate of drug-likeness (QED) is 0.123. The van der Waals surface area contributed by atoms with Crippen LogP contribution in [-0.2, 0) is 42.8 Å². The van der Waals surface area contributed by atoms with E-state index in [1.165, 1.54) is 12.7 Å². The highest BCUT2D eigenvalue weighted by Crippen LogP contribution is 2.75. The largest absolute Gasteiger partial charge is 0.469 e. The first kappa shape index (κ1) is 44.0. The topological polar surface area (TPSA) is 228 Å². The van der Waals surface area contributed by atoms with Crippen LogP contribution in [0.15, 0.2) is 11.6 Å². The summed E-state index contributed by atoms with van der Waals surface area (Å²) in [5.41, 5.74) is -1.64. The Labute approximate surface area is 340 Å². The fourth-order valence-electron chi connectivity index (χ4n) is 13.5. The number of aliphatic hydroxyl groups is 6. The summed E-state index contributed by atoms with van der Waals surface area (Å²) < 4.78 is 34.2. The summed E-state index contributed by atoms with van der Waals surface area (Å²) >= 11 is 0. The molecule has 0 radical (unpaired) electrons. The molecule has 5 aliphatic carbocycles. The van der Waals surface area contributed by atoms with Gasteiger partial charge in [-0.05, 0) is 92.3 Å². The summed E-state index contributed by atoms with van der Waals surface area (Å²) in [7, 11) is 2.51. The van der Waals surface area contributed by atoms with Crippen LogP contribution in [0.3, 0.4) is 0 Å². The van der Waals surface area contributed by atoms with Gasteiger partial charge >= 0.3 is 11.9 Å². The molecule has 6 fully saturated rings. The zero-order valence-corrected chi connectivity index (χ0v) is 35.2.